The molecule has 6 heteroatoms. The van der Waals surface area contributed by atoms with Crippen LogP contribution in [0.15, 0.2) is 6.33 Å². The molecule has 0 spiro atoms. The van der Waals surface area contributed by atoms with Gasteiger partial charge in [-0.3, -0.25) is 5.10 Å². The molecule has 0 aromatic carbocycles. The molecule has 0 fully saturated rings. The van der Waals surface area contributed by atoms with Gasteiger partial charge in [0.2, 0.25) is 0 Å². The third-order valence-corrected chi connectivity index (χ3v) is 2.38. The molecule has 92 valence electrons. The molecule has 1 atom stereocenters. The summed E-state index contributed by atoms with van der Waals surface area (Å²) >= 11 is 0. The fourth-order valence-electron chi connectivity index (χ4n) is 1.56. The molecule has 1 aromatic rings. The minimum Gasteiger partial charge on any atom is -0.383 e. The Kier molecular flexibility index (Phi) is 6.71. The molecule has 0 aliphatic rings. The molecule has 0 aliphatic carbocycles. The van der Waals surface area contributed by atoms with E-state index in [1.165, 1.54) is 6.33 Å². The summed E-state index contributed by atoms with van der Waals surface area (Å²) in [7, 11) is 1.72. The van der Waals surface area contributed by atoms with Crippen LogP contribution in [-0.2, 0) is 11.2 Å². The molecular weight excluding hydrogens is 206 g/mol. The highest BCUT2D eigenvalue weighted by molar-refractivity contribution is 4.81. The number of hydrogen-bond donors (Lipinski definition) is 3. The zero-order valence-electron chi connectivity index (χ0n) is 9.78. The fourth-order valence-corrected chi connectivity index (χ4v) is 1.56. The summed E-state index contributed by atoms with van der Waals surface area (Å²) in [5.74, 6) is 0.905. The lowest BCUT2D eigenvalue weighted by molar-refractivity contribution is 0.162. The van der Waals surface area contributed by atoms with Gasteiger partial charge in [-0.15, -0.1) is 0 Å². The van der Waals surface area contributed by atoms with E-state index in [1.54, 1.807) is 7.11 Å². The highest BCUT2D eigenvalue weighted by Crippen LogP contribution is 1.97. The van der Waals surface area contributed by atoms with E-state index in [-0.39, 0.29) is 0 Å². The molecule has 0 radical (unpaired) electrons. The Morgan fingerprint density at radius 2 is 2.50 bits per heavy atom. The standard InChI is InChI=1S/C10H21N5O/c1-16-7-9(3-2-5-11)12-6-4-10-13-8-14-15-10/h8-9,12H,2-7,11H2,1H3,(H,13,14,15). The number of aromatic amines is 1. The summed E-state index contributed by atoms with van der Waals surface area (Å²) in [5.41, 5.74) is 5.49. The van der Waals surface area contributed by atoms with E-state index in [1.807, 2.05) is 0 Å². The number of hydrogen-bond acceptors (Lipinski definition) is 5. The van der Waals surface area contributed by atoms with Gasteiger partial charge in [-0.05, 0) is 19.4 Å². The van der Waals surface area contributed by atoms with Gasteiger partial charge in [0.05, 0.1) is 6.61 Å². The van der Waals surface area contributed by atoms with Crippen molar-refractivity contribution >= 4 is 0 Å². The van der Waals surface area contributed by atoms with Gasteiger partial charge in [-0.25, -0.2) is 4.98 Å². The maximum absolute atomic E-state index is 5.49. The Balaban J connectivity index is 2.15. The third-order valence-electron chi connectivity index (χ3n) is 2.38. The largest absolute Gasteiger partial charge is 0.383 e. The average Bonchev–Trinajstić information content (AvgIpc) is 2.79. The SMILES string of the molecule is COCC(CCCN)NCCc1ncn[nH]1. The van der Waals surface area contributed by atoms with Gasteiger partial charge in [0.15, 0.2) is 0 Å². The second kappa shape index (κ2) is 8.20. The number of nitrogens with two attached hydrogens (primary N) is 1. The molecule has 1 rings (SSSR count). The zero-order chi connectivity index (χ0) is 11.6. The summed E-state index contributed by atoms with van der Waals surface area (Å²) in [5, 5.41) is 10.1. The molecule has 6 nitrogen and oxygen atoms in total. The summed E-state index contributed by atoms with van der Waals surface area (Å²) in [6.45, 7) is 2.31. The van der Waals surface area contributed by atoms with Crippen LogP contribution in [0.2, 0.25) is 0 Å². The summed E-state index contributed by atoms with van der Waals surface area (Å²) in [4.78, 5) is 4.06. The van der Waals surface area contributed by atoms with E-state index in [4.69, 9.17) is 10.5 Å². The number of H-pyrrole nitrogens is 1. The summed E-state index contributed by atoms with van der Waals surface area (Å²) in [6.07, 6.45) is 4.43. The van der Waals surface area contributed by atoms with Crippen molar-refractivity contribution in [1.82, 2.24) is 20.5 Å². The highest BCUT2D eigenvalue weighted by atomic mass is 16.5. The van der Waals surface area contributed by atoms with E-state index in [9.17, 15) is 0 Å². The molecule has 4 N–H and O–H groups in total. The van der Waals surface area contributed by atoms with Gasteiger partial charge in [0.25, 0.3) is 0 Å². The average molecular weight is 227 g/mol. The zero-order valence-corrected chi connectivity index (χ0v) is 9.78. The maximum atomic E-state index is 5.49. The smallest absolute Gasteiger partial charge is 0.137 e. The first-order valence-corrected chi connectivity index (χ1v) is 5.63. The van der Waals surface area contributed by atoms with E-state index >= 15 is 0 Å². The molecule has 1 aromatic heterocycles. The van der Waals surface area contributed by atoms with Crippen LogP contribution in [0.1, 0.15) is 18.7 Å². The van der Waals surface area contributed by atoms with Crippen LogP contribution < -0.4 is 11.1 Å². The molecule has 0 saturated carbocycles. The molecule has 1 heterocycles. The Morgan fingerprint density at radius 3 is 3.12 bits per heavy atom. The van der Waals surface area contributed by atoms with E-state index < -0.39 is 0 Å². The van der Waals surface area contributed by atoms with Gasteiger partial charge in [-0.2, -0.15) is 5.10 Å². The van der Waals surface area contributed by atoms with Crippen molar-refractivity contribution in [2.24, 2.45) is 5.73 Å². The predicted molar refractivity (Wildman–Crippen MR) is 62.0 cm³/mol. The second-order valence-electron chi connectivity index (χ2n) is 3.72. The Morgan fingerprint density at radius 1 is 1.62 bits per heavy atom. The summed E-state index contributed by atoms with van der Waals surface area (Å²) < 4.78 is 5.15. The van der Waals surface area contributed by atoms with E-state index in [2.05, 4.69) is 20.5 Å². The molecular formula is C10H21N5O. The highest BCUT2D eigenvalue weighted by Gasteiger charge is 2.07. The van der Waals surface area contributed by atoms with Crippen LogP contribution >= 0.6 is 0 Å². The minimum atomic E-state index is 0.372. The quantitative estimate of drug-likeness (QED) is 0.538. The van der Waals surface area contributed by atoms with E-state index in [0.717, 1.165) is 44.8 Å². The van der Waals surface area contributed by atoms with Crippen molar-refractivity contribution in [2.45, 2.75) is 25.3 Å². The Bertz CT molecular complexity index is 252. The van der Waals surface area contributed by atoms with Crippen molar-refractivity contribution in [1.29, 1.82) is 0 Å². The first-order chi connectivity index (χ1) is 7.86. The van der Waals surface area contributed by atoms with Gasteiger partial charge in [0.1, 0.15) is 12.2 Å². The topological polar surface area (TPSA) is 88.8 Å². The predicted octanol–water partition coefficient (Wildman–Crippen LogP) is -0.309. The van der Waals surface area contributed by atoms with Crippen molar-refractivity contribution in [2.75, 3.05) is 26.8 Å². The monoisotopic (exact) mass is 227 g/mol. The molecule has 0 aliphatic heterocycles. The molecule has 1 unspecified atom stereocenters. The van der Waals surface area contributed by atoms with Gasteiger partial charge in [0, 0.05) is 26.1 Å². The van der Waals surface area contributed by atoms with Crippen LogP contribution in [0.4, 0.5) is 0 Å². The normalized spacial score (nSPS) is 12.9. The van der Waals surface area contributed by atoms with Crippen LogP contribution in [0.3, 0.4) is 0 Å². The van der Waals surface area contributed by atoms with Crippen LogP contribution in [-0.4, -0.2) is 48.0 Å². The Hall–Kier alpha value is -0.980. The van der Waals surface area contributed by atoms with Gasteiger partial charge in [-0.1, -0.05) is 0 Å². The number of nitrogens with zero attached hydrogens (tertiary/aromatic N) is 2. The fraction of sp³-hybridized carbons (Fsp3) is 0.800. The van der Waals surface area contributed by atoms with Crippen LogP contribution in [0.25, 0.3) is 0 Å². The molecule has 0 amide bonds. The molecule has 16 heavy (non-hydrogen) atoms. The number of nitrogens with one attached hydrogen (secondary N) is 2. The molecule has 0 bridgehead atoms. The Labute approximate surface area is 96.0 Å². The number of aromatic nitrogens is 3. The lowest BCUT2D eigenvalue weighted by atomic mass is 10.1. The van der Waals surface area contributed by atoms with Crippen molar-refractivity contribution in [3.8, 4) is 0 Å². The maximum Gasteiger partial charge on any atom is 0.137 e. The lowest BCUT2D eigenvalue weighted by Crippen LogP contribution is -2.35. The second-order valence-corrected chi connectivity index (χ2v) is 3.72. The number of methoxy groups -OCH3 is 1. The summed E-state index contributed by atoms with van der Waals surface area (Å²) in [6, 6.07) is 0.372. The lowest BCUT2D eigenvalue weighted by Gasteiger charge is -2.17. The van der Waals surface area contributed by atoms with E-state index in [0.29, 0.717) is 6.04 Å². The van der Waals surface area contributed by atoms with Crippen LogP contribution in [0.5, 0.6) is 0 Å². The molecule has 0 saturated heterocycles. The van der Waals surface area contributed by atoms with Crippen molar-refractivity contribution in [3.05, 3.63) is 12.2 Å². The van der Waals surface area contributed by atoms with Crippen molar-refractivity contribution in [3.63, 3.8) is 0 Å². The first kappa shape index (κ1) is 13.1. The third kappa shape index (κ3) is 5.20. The van der Waals surface area contributed by atoms with Crippen LogP contribution in [0, 0.1) is 0 Å². The number of ether oxygens (including phenoxy) is 1. The van der Waals surface area contributed by atoms with Crippen molar-refractivity contribution < 1.29 is 4.74 Å². The first-order valence-electron chi connectivity index (χ1n) is 5.63. The van der Waals surface area contributed by atoms with Gasteiger partial charge >= 0.3 is 0 Å². The number of rotatable bonds is 9. The minimum absolute atomic E-state index is 0.372. The van der Waals surface area contributed by atoms with Gasteiger partial charge < -0.3 is 15.8 Å².